The molecule has 1 aromatic heterocycles. The molecular formula is C16H26N4O3. The van der Waals surface area contributed by atoms with Gasteiger partial charge in [0.05, 0.1) is 6.54 Å². The molecule has 1 aliphatic heterocycles. The van der Waals surface area contributed by atoms with E-state index in [9.17, 15) is 4.79 Å². The van der Waals surface area contributed by atoms with Crippen molar-refractivity contribution in [3.63, 3.8) is 0 Å². The summed E-state index contributed by atoms with van der Waals surface area (Å²) in [5.74, 6) is 2.38. The number of rotatable bonds is 5. The van der Waals surface area contributed by atoms with E-state index >= 15 is 0 Å². The number of ether oxygens (including phenoxy) is 1. The number of methoxy groups -OCH3 is 1. The second-order valence-electron chi connectivity index (χ2n) is 6.70. The van der Waals surface area contributed by atoms with Gasteiger partial charge in [0.1, 0.15) is 6.10 Å². The van der Waals surface area contributed by atoms with Crippen LogP contribution in [0.25, 0.3) is 0 Å². The number of aromatic nitrogens is 2. The highest BCUT2D eigenvalue weighted by atomic mass is 16.5. The summed E-state index contributed by atoms with van der Waals surface area (Å²) in [6.07, 6.45) is 1.88. The molecule has 128 valence electrons. The summed E-state index contributed by atoms with van der Waals surface area (Å²) >= 11 is 0. The second-order valence-corrected chi connectivity index (χ2v) is 6.70. The SMILES string of the molecule is CO[C@H](C)c1noc(CN2CCCN(C(=O)[C@@H]3C[C@@H]3C)CC2)n1. The molecule has 0 bridgehead atoms. The van der Waals surface area contributed by atoms with Crippen LogP contribution in [-0.2, 0) is 16.1 Å². The maximum atomic E-state index is 12.4. The minimum atomic E-state index is -0.162. The number of carbonyl (C=O) groups is 1. The topological polar surface area (TPSA) is 71.7 Å². The van der Waals surface area contributed by atoms with E-state index < -0.39 is 0 Å². The lowest BCUT2D eigenvalue weighted by atomic mass is 10.3. The molecule has 2 heterocycles. The fourth-order valence-corrected chi connectivity index (χ4v) is 3.04. The van der Waals surface area contributed by atoms with Crippen molar-refractivity contribution in [3.05, 3.63) is 11.7 Å². The van der Waals surface area contributed by atoms with Crippen molar-refractivity contribution in [1.29, 1.82) is 0 Å². The Bertz CT molecular complexity index is 547. The number of hydrogen-bond donors (Lipinski definition) is 0. The molecule has 1 saturated heterocycles. The van der Waals surface area contributed by atoms with Gasteiger partial charge in [-0.1, -0.05) is 12.1 Å². The predicted molar refractivity (Wildman–Crippen MR) is 83.5 cm³/mol. The van der Waals surface area contributed by atoms with Crippen LogP contribution in [0.2, 0.25) is 0 Å². The molecule has 23 heavy (non-hydrogen) atoms. The van der Waals surface area contributed by atoms with Gasteiger partial charge >= 0.3 is 0 Å². The van der Waals surface area contributed by atoms with Crippen LogP contribution in [0.3, 0.4) is 0 Å². The molecule has 2 fully saturated rings. The highest BCUT2D eigenvalue weighted by molar-refractivity contribution is 5.81. The lowest BCUT2D eigenvalue weighted by Gasteiger charge is -2.21. The molecule has 0 unspecified atom stereocenters. The Labute approximate surface area is 137 Å². The summed E-state index contributed by atoms with van der Waals surface area (Å²) in [6, 6.07) is 0. The van der Waals surface area contributed by atoms with Crippen LogP contribution in [0.5, 0.6) is 0 Å². The molecule has 2 aliphatic rings. The van der Waals surface area contributed by atoms with E-state index in [1.807, 2.05) is 11.8 Å². The predicted octanol–water partition coefficient (Wildman–Crippen LogP) is 1.47. The third kappa shape index (κ3) is 3.90. The van der Waals surface area contributed by atoms with Crippen molar-refractivity contribution >= 4 is 5.91 Å². The Hall–Kier alpha value is -1.47. The molecule has 0 N–H and O–H groups in total. The first-order valence-corrected chi connectivity index (χ1v) is 8.45. The maximum absolute atomic E-state index is 12.4. The second kappa shape index (κ2) is 6.97. The van der Waals surface area contributed by atoms with E-state index in [-0.39, 0.29) is 12.0 Å². The molecule has 1 saturated carbocycles. The van der Waals surface area contributed by atoms with E-state index in [0.717, 1.165) is 39.0 Å². The lowest BCUT2D eigenvalue weighted by molar-refractivity contribution is -0.132. The highest BCUT2D eigenvalue weighted by Gasteiger charge is 2.41. The fourth-order valence-electron chi connectivity index (χ4n) is 3.04. The largest absolute Gasteiger partial charge is 0.374 e. The Balaban J connectivity index is 1.52. The Morgan fingerprint density at radius 2 is 2.17 bits per heavy atom. The Morgan fingerprint density at radius 3 is 2.87 bits per heavy atom. The van der Waals surface area contributed by atoms with Crippen LogP contribution in [0.4, 0.5) is 0 Å². The third-order valence-corrected chi connectivity index (χ3v) is 4.89. The molecular weight excluding hydrogens is 296 g/mol. The summed E-state index contributed by atoms with van der Waals surface area (Å²) < 4.78 is 10.5. The van der Waals surface area contributed by atoms with Crippen molar-refractivity contribution in [3.8, 4) is 0 Å². The van der Waals surface area contributed by atoms with Crippen molar-refractivity contribution in [2.45, 2.75) is 39.3 Å². The monoisotopic (exact) mass is 322 g/mol. The first-order chi connectivity index (χ1) is 11.1. The summed E-state index contributed by atoms with van der Waals surface area (Å²) in [7, 11) is 1.63. The number of hydrogen-bond acceptors (Lipinski definition) is 6. The summed E-state index contributed by atoms with van der Waals surface area (Å²) in [4.78, 5) is 21.0. The molecule has 7 heteroatoms. The molecule has 7 nitrogen and oxygen atoms in total. The minimum Gasteiger partial charge on any atom is -0.374 e. The van der Waals surface area contributed by atoms with Crippen LogP contribution < -0.4 is 0 Å². The van der Waals surface area contributed by atoms with Gasteiger partial charge in [-0.25, -0.2) is 0 Å². The van der Waals surface area contributed by atoms with Gasteiger partial charge in [-0.3, -0.25) is 9.69 Å². The molecule has 1 amide bonds. The zero-order chi connectivity index (χ0) is 16.4. The number of amides is 1. The maximum Gasteiger partial charge on any atom is 0.240 e. The fraction of sp³-hybridized carbons (Fsp3) is 0.812. The smallest absolute Gasteiger partial charge is 0.240 e. The van der Waals surface area contributed by atoms with Gasteiger partial charge in [0.25, 0.3) is 0 Å². The summed E-state index contributed by atoms with van der Waals surface area (Å²) in [5, 5.41) is 3.96. The van der Waals surface area contributed by atoms with Crippen LogP contribution in [0.1, 0.15) is 44.5 Å². The van der Waals surface area contributed by atoms with Crippen LogP contribution in [0, 0.1) is 11.8 Å². The van der Waals surface area contributed by atoms with E-state index in [2.05, 4.69) is 22.0 Å². The quantitative estimate of drug-likeness (QED) is 0.817. The molecule has 0 spiro atoms. The van der Waals surface area contributed by atoms with E-state index in [0.29, 0.717) is 30.1 Å². The molecule has 1 aliphatic carbocycles. The van der Waals surface area contributed by atoms with E-state index in [4.69, 9.17) is 9.26 Å². The molecule has 0 radical (unpaired) electrons. The van der Waals surface area contributed by atoms with Crippen molar-refractivity contribution < 1.29 is 14.1 Å². The van der Waals surface area contributed by atoms with Gasteiger partial charge in [0.15, 0.2) is 5.82 Å². The van der Waals surface area contributed by atoms with Crippen LogP contribution >= 0.6 is 0 Å². The van der Waals surface area contributed by atoms with Gasteiger partial charge < -0.3 is 14.2 Å². The lowest BCUT2D eigenvalue weighted by Crippen LogP contribution is -2.36. The van der Waals surface area contributed by atoms with Crippen molar-refractivity contribution in [2.24, 2.45) is 11.8 Å². The van der Waals surface area contributed by atoms with Gasteiger partial charge in [0.2, 0.25) is 11.8 Å². The standard InChI is InChI=1S/C16H26N4O3/c1-11-9-13(11)16(21)20-6-4-5-19(7-8-20)10-14-17-15(18-23-14)12(2)22-3/h11-13H,4-10H2,1-3H3/t11-,12+,13+/m0/s1. The minimum absolute atomic E-state index is 0.162. The highest BCUT2D eigenvalue weighted by Crippen LogP contribution is 2.39. The Morgan fingerprint density at radius 1 is 1.39 bits per heavy atom. The number of nitrogens with zero attached hydrogens (tertiary/aromatic N) is 4. The van der Waals surface area contributed by atoms with Gasteiger partial charge in [-0.05, 0) is 25.7 Å². The summed E-state index contributed by atoms with van der Waals surface area (Å²) in [5.41, 5.74) is 0. The average Bonchev–Trinajstić information content (AvgIpc) is 3.18. The van der Waals surface area contributed by atoms with Crippen molar-refractivity contribution in [1.82, 2.24) is 19.9 Å². The van der Waals surface area contributed by atoms with Crippen molar-refractivity contribution in [2.75, 3.05) is 33.3 Å². The first-order valence-electron chi connectivity index (χ1n) is 8.45. The van der Waals surface area contributed by atoms with E-state index in [1.54, 1.807) is 7.11 Å². The third-order valence-electron chi connectivity index (χ3n) is 4.89. The number of carbonyl (C=O) groups excluding carboxylic acids is 1. The summed E-state index contributed by atoms with van der Waals surface area (Å²) in [6.45, 7) is 8.12. The zero-order valence-electron chi connectivity index (χ0n) is 14.2. The average molecular weight is 322 g/mol. The molecule has 0 aromatic carbocycles. The van der Waals surface area contributed by atoms with Crippen LogP contribution in [0.15, 0.2) is 4.52 Å². The van der Waals surface area contributed by atoms with Crippen LogP contribution in [-0.4, -0.2) is 59.1 Å². The van der Waals surface area contributed by atoms with Gasteiger partial charge in [-0.15, -0.1) is 0 Å². The van der Waals surface area contributed by atoms with Gasteiger partial charge in [0, 0.05) is 39.2 Å². The molecule has 3 atom stereocenters. The van der Waals surface area contributed by atoms with Gasteiger partial charge in [-0.2, -0.15) is 4.98 Å². The Kier molecular flexibility index (Phi) is 4.96. The van der Waals surface area contributed by atoms with E-state index in [1.165, 1.54) is 0 Å². The normalized spacial score (nSPS) is 26.8. The molecule has 1 aromatic rings. The molecule has 3 rings (SSSR count). The first kappa shape index (κ1) is 16.4. The zero-order valence-corrected chi connectivity index (χ0v) is 14.2.